The lowest BCUT2D eigenvalue weighted by Crippen LogP contribution is -2.54. The second-order valence-electron chi connectivity index (χ2n) is 10.0. The van der Waals surface area contributed by atoms with Crippen LogP contribution in [-0.2, 0) is 14.3 Å². The Kier molecular flexibility index (Phi) is 3.72. The molecule has 0 aromatic rings. The third-order valence-electron chi connectivity index (χ3n) is 9.32. The van der Waals surface area contributed by atoms with E-state index in [-0.39, 0.29) is 17.0 Å². The van der Waals surface area contributed by atoms with Crippen LogP contribution in [0.2, 0.25) is 0 Å². The fraction of sp³-hybridized carbons (Fsp3) is 0.826. The van der Waals surface area contributed by atoms with E-state index >= 15 is 0 Å². The third kappa shape index (κ3) is 2.12. The molecule has 3 heteroatoms. The van der Waals surface area contributed by atoms with E-state index in [4.69, 9.17) is 4.74 Å². The molecule has 1 heterocycles. The van der Waals surface area contributed by atoms with Crippen LogP contribution in [-0.4, -0.2) is 17.4 Å². The Bertz CT molecular complexity index is 679. The van der Waals surface area contributed by atoms with Gasteiger partial charge in [0.25, 0.3) is 0 Å². The summed E-state index contributed by atoms with van der Waals surface area (Å²) < 4.78 is 6.06. The molecule has 0 aromatic heterocycles. The van der Waals surface area contributed by atoms with E-state index in [1.54, 1.807) is 0 Å². The van der Waals surface area contributed by atoms with Gasteiger partial charge in [-0.15, -0.1) is 0 Å². The highest BCUT2D eigenvalue weighted by molar-refractivity contribution is 5.91. The number of esters is 1. The summed E-state index contributed by atoms with van der Waals surface area (Å²) in [5.74, 6) is 3.92. The largest absolute Gasteiger partial charge is 0.458 e. The number of allylic oxidation sites excluding steroid dienone is 1. The molecule has 4 aliphatic carbocycles. The molecular weight excluding hydrogens is 324 g/mol. The first-order valence-corrected chi connectivity index (χ1v) is 10.9. The van der Waals surface area contributed by atoms with Gasteiger partial charge in [0.15, 0.2) is 5.78 Å². The van der Waals surface area contributed by atoms with Gasteiger partial charge in [-0.25, -0.2) is 0 Å². The van der Waals surface area contributed by atoms with E-state index in [9.17, 15) is 9.59 Å². The number of hydrogen-bond acceptors (Lipinski definition) is 3. The summed E-state index contributed by atoms with van der Waals surface area (Å²) in [7, 11) is 0. The highest BCUT2D eigenvalue weighted by Crippen LogP contribution is 2.68. The lowest BCUT2D eigenvalue weighted by Gasteiger charge is -2.58. The smallest absolute Gasteiger partial charge is 0.306 e. The number of carbonyl (C=O) groups is 2. The fourth-order valence-electron chi connectivity index (χ4n) is 8.09. The molecule has 0 radical (unpaired) electrons. The minimum absolute atomic E-state index is 0.0284. The summed E-state index contributed by atoms with van der Waals surface area (Å²) in [6, 6.07) is 0. The number of ether oxygens (including phenoxy) is 1. The number of rotatable bonds is 1. The number of hydrogen-bond donors (Lipinski definition) is 0. The van der Waals surface area contributed by atoms with Crippen LogP contribution in [0, 0.1) is 35.0 Å². The molecule has 0 bridgehead atoms. The third-order valence-corrected chi connectivity index (χ3v) is 9.32. The summed E-state index contributed by atoms with van der Waals surface area (Å²) in [6.45, 7) is 4.78. The summed E-state index contributed by atoms with van der Waals surface area (Å²) in [5.41, 5.74) is 1.47. The second kappa shape index (κ2) is 5.69. The van der Waals surface area contributed by atoms with E-state index in [0.717, 1.165) is 43.9 Å². The Balaban J connectivity index is 1.51. The van der Waals surface area contributed by atoms with Crippen molar-refractivity contribution < 1.29 is 14.3 Å². The average molecular weight is 357 g/mol. The first-order chi connectivity index (χ1) is 12.5. The fourth-order valence-corrected chi connectivity index (χ4v) is 8.09. The monoisotopic (exact) mass is 356 g/mol. The van der Waals surface area contributed by atoms with Gasteiger partial charge < -0.3 is 4.74 Å². The lowest BCUT2D eigenvalue weighted by molar-refractivity contribution is -0.168. The van der Waals surface area contributed by atoms with Gasteiger partial charge in [-0.2, -0.15) is 0 Å². The van der Waals surface area contributed by atoms with Crippen LogP contribution in [0.3, 0.4) is 0 Å². The standard InChI is InChI=1S/C23H32O3/c1-3-14-12-15-13-16(24)4-5-17(15)18-6-9-22(2)19(21(14)18)7-10-23(22)11-8-20(25)26-23/h13-14,17-19,21H,3-12H2,1-2H3/t14?,17-,18?,19?,21?,22-,23+/m0/s1. The van der Waals surface area contributed by atoms with Crippen LogP contribution in [0.4, 0.5) is 0 Å². The van der Waals surface area contributed by atoms with Crippen LogP contribution in [0.5, 0.6) is 0 Å². The molecule has 0 amide bonds. The zero-order valence-corrected chi connectivity index (χ0v) is 16.3. The molecular formula is C23H32O3. The van der Waals surface area contributed by atoms with Crippen LogP contribution < -0.4 is 0 Å². The minimum Gasteiger partial charge on any atom is -0.458 e. The van der Waals surface area contributed by atoms with Crippen molar-refractivity contribution in [3.63, 3.8) is 0 Å². The van der Waals surface area contributed by atoms with Gasteiger partial charge >= 0.3 is 5.97 Å². The van der Waals surface area contributed by atoms with Gasteiger partial charge in [-0.05, 0) is 80.6 Å². The Morgan fingerprint density at radius 2 is 1.96 bits per heavy atom. The molecule has 0 aromatic carbocycles. The van der Waals surface area contributed by atoms with Gasteiger partial charge in [0.2, 0.25) is 0 Å². The summed E-state index contributed by atoms with van der Waals surface area (Å²) in [5, 5.41) is 0. The summed E-state index contributed by atoms with van der Waals surface area (Å²) in [6.07, 6.45) is 12.5. The van der Waals surface area contributed by atoms with E-state index in [1.807, 2.05) is 6.08 Å². The van der Waals surface area contributed by atoms with Gasteiger partial charge in [0.1, 0.15) is 5.60 Å². The van der Waals surface area contributed by atoms with Crippen molar-refractivity contribution in [2.45, 2.75) is 83.7 Å². The molecule has 5 aliphatic rings. The first kappa shape index (κ1) is 17.0. The van der Waals surface area contributed by atoms with E-state index in [1.165, 1.54) is 31.3 Å². The van der Waals surface area contributed by atoms with Crippen LogP contribution in [0.15, 0.2) is 11.6 Å². The van der Waals surface area contributed by atoms with Crippen molar-refractivity contribution in [3.05, 3.63) is 11.6 Å². The van der Waals surface area contributed by atoms with Gasteiger partial charge in [0, 0.05) is 18.3 Å². The van der Waals surface area contributed by atoms with E-state index < -0.39 is 0 Å². The molecule has 1 aliphatic heterocycles. The molecule has 5 rings (SSSR count). The molecule has 4 unspecified atom stereocenters. The number of carbonyl (C=O) groups excluding carboxylic acids is 2. The predicted molar refractivity (Wildman–Crippen MR) is 99.3 cm³/mol. The maximum Gasteiger partial charge on any atom is 0.306 e. The van der Waals surface area contributed by atoms with Crippen molar-refractivity contribution in [1.29, 1.82) is 0 Å². The zero-order valence-electron chi connectivity index (χ0n) is 16.3. The maximum atomic E-state index is 12.0. The zero-order chi connectivity index (χ0) is 18.1. The Morgan fingerprint density at radius 1 is 1.12 bits per heavy atom. The van der Waals surface area contributed by atoms with Crippen molar-refractivity contribution in [2.24, 2.45) is 35.0 Å². The SMILES string of the molecule is CCC1CC2=CC(=O)CC[C@@H]2C2CC[C@@]3(C)C(CC[C@@]34CCC(=O)O4)C12. The van der Waals surface area contributed by atoms with Crippen LogP contribution in [0.25, 0.3) is 0 Å². The molecule has 1 spiro atoms. The molecule has 7 atom stereocenters. The molecule has 1 saturated heterocycles. The summed E-state index contributed by atoms with van der Waals surface area (Å²) in [4.78, 5) is 24.0. The average Bonchev–Trinajstić information content (AvgIpc) is 3.14. The summed E-state index contributed by atoms with van der Waals surface area (Å²) >= 11 is 0. The number of fused-ring (bicyclic) bond motifs is 6. The van der Waals surface area contributed by atoms with Gasteiger partial charge in [0.05, 0.1) is 0 Å². The van der Waals surface area contributed by atoms with Crippen molar-refractivity contribution >= 4 is 11.8 Å². The van der Waals surface area contributed by atoms with Gasteiger partial charge in [-0.1, -0.05) is 25.8 Å². The first-order valence-electron chi connectivity index (χ1n) is 10.9. The molecule has 3 nitrogen and oxygen atoms in total. The Hall–Kier alpha value is -1.12. The molecule has 0 N–H and O–H groups in total. The van der Waals surface area contributed by atoms with Crippen molar-refractivity contribution in [2.75, 3.05) is 0 Å². The van der Waals surface area contributed by atoms with Crippen molar-refractivity contribution in [3.8, 4) is 0 Å². The molecule has 4 fully saturated rings. The Morgan fingerprint density at radius 3 is 2.69 bits per heavy atom. The molecule has 142 valence electrons. The quantitative estimate of drug-likeness (QED) is 0.631. The second-order valence-corrected chi connectivity index (χ2v) is 10.0. The van der Waals surface area contributed by atoms with Gasteiger partial charge in [-0.3, -0.25) is 9.59 Å². The Labute approximate surface area is 156 Å². The normalized spacial score (nSPS) is 50.1. The maximum absolute atomic E-state index is 12.0. The molecule has 3 saturated carbocycles. The van der Waals surface area contributed by atoms with Crippen molar-refractivity contribution in [1.82, 2.24) is 0 Å². The molecule has 26 heavy (non-hydrogen) atoms. The lowest BCUT2D eigenvalue weighted by atomic mass is 9.47. The van der Waals surface area contributed by atoms with E-state index in [0.29, 0.717) is 30.0 Å². The predicted octanol–water partition coefficient (Wildman–Crippen LogP) is 4.84. The topological polar surface area (TPSA) is 43.4 Å². The highest BCUT2D eigenvalue weighted by atomic mass is 16.6. The van der Waals surface area contributed by atoms with E-state index in [2.05, 4.69) is 13.8 Å². The highest BCUT2D eigenvalue weighted by Gasteiger charge is 2.66. The van der Waals surface area contributed by atoms with Crippen LogP contribution in [0.1, 0.15) is 78.1 Å². The number of ketones is 1. The van der Waals surface area contributed by atoms with Crippen LogP contribution >= 0.6 is 0 Å². The minimum atomic E-state index is -0.170.